The Hall–Kier alpha value is -3.99. The van der Waals surface area contributed by atoms with Crippen LogP contribution in [0.3, 0.4) is 0 Å². The molecule has 0 unspecified atom stereocenters. The number of hydrogen-bond acceptors (Lipinski definition) is 4. The maximum absolute atomic E-state index is 10.7. The predicted molar refractivity (Wildman–Crippen MR) is 127 cm³/mol. The van der Waals surface area contributed by atoms with Crippen LogP contribution in [-0.2, 0) is 20.1 Å². The van der Waals surface area contributed by atoms with Crippen molar-refractivity contribution in [3.8, 4) is 33.8 Å². The zero-order valence-corrected chi connectivity index (χ0v) is 20.3. The molecule has 169 valence electrons. The van der Waals surface area contributed by atoms with Crippen LogP contribution < -0.4 is 0 Å². The van der Waals surface area contributed by atoms with Gasteiger partial charge in [0, 0.05) is 43.9 Å². The Labute approximate surface area is 211 Å². The third-order valence-electron chi connectivity index (χ3n) is 4.63. The van der Waals surface area contributed by atoms with Crippen LogP contribution in [0.4, 0.5) is 0 Å². The average Bonchev–Trinajstić information content (AvgIpc) is 2.91. The Morgan fingerprint density at radius 2 is 1.21 bits per heavy atom. The van der Waals surface area contributed by atoms with Gasteiger partial charge in [0.05, 0.1) is 0 Å². The number of pyridine rings is 3. The minimum Gasteiger partial charge on any atom is -0.477 e. The first-order valence-electron chi connectivity index (χ1n) is 10.2. The van der Waals surface area contributed by atoms with Gasteiger partial charge in [0.25, 0.3) is 0 Å². The molecule has 0 amide bonds. The van der Waals surface area contributed by atoms with Crippen molar-refractivity contribution in [1.29, 1.82) is 0 Å². The molecule has 3 heterocycles. The molecule has 0 aliphatic carbocycles. The molecule has 0 aliphatic rings. The first kappa shape index (κ1) is 24.6. The maximum Gasteiger partial charge on any atom is 0.353 e. The molecule has 34 heavy (non-hydrogen) atoms. The second kappa shape index (κ2) is 12.3. The number of carboxylic acid groups (broad SMARTS) is 1. The van der Waals surface area contributed by atoms with Gasteiger partial charge in [-0.15, -0.1) is 60.2 Å². The van der Waals surface area contributed by atoms with Gasteiger partial charge in [0.1, 0.15) is 5.69 Å². The second-order valence-electron chi connectivity index (χ2n) is 6.90. The van der Waals surface area contributed by atoms with Gasteiger partial charge in [-0.05, 0) is 23.9 Å². The van der Waals surface area contributed by atoms with Crippen LogP contribution in [0.2, 0.25) is 0 Å². The molecule has 0 saturated heterocycles. The van der Waals surface area contributed by atoms with Crippen LogP contribution in [-0.4, -0.2) is 26.0 Å². The number of aromatic nitrogens is 3. The molecule has 6 heteroatoms. The molecule has 0 bridgehead atoms. The van der Waals surface area contributed by atoms with E-state index in [1.165, 1.54) is 6.07 Å². The first-order chi connectivity index (χ1) is 16.2. The minimum absolute atomic E-state index is 0. The SMILES string of the molecule is O=C(O)c1cccc(-c2[c-]cccc2)n1.[Ir].[c-]1c(-c2ccccn2)cccc1-c1ccccn1. The van der Waals surface area contributed by atoms with Gasteiger partial charge in [-0.2, -0.15) is 0 Å². The fourth-order valence-corrected chi connectivity index (χ4v) is 3.07. The van der Waals surface area contributed by atoms with Crippen LogP contribution in [0.1, 0.15) is 10.5 Å². The molecule has 2 aromatic carbocycles. The first-order valence-corrected chi connectivity index (χ1v) is 10.2. The minimum atomic E-state index is -1.02. The fourth-order valence-electron chi connectivity index (χ4n) is 3.07. The summed E-state index contributed by atoms with van der Waals surface area (Å²) in [7, 11) is 0. The molecular weight excluding hydrogens is 603 g/mol. The van der Waals surface area contributed by atoms with Crippen LogP contribution in [0, 0.1) is 12.1 Å². The Morgan fingerprint density at radius 1 is 0.647 bits per heavy atom. The Balaban J connectivity index is 0.000000188. The zero-order valence-electron chi connectivity index (χ0n) is 17.9. The summed E-state index contributed by atoms with van der Waals surface area (Å²) in [6.07, 6.45) is 3.58. The van der Waals surface area contributed by atoms with E-state index in [1.807, 2.05) is 72.8 Å². The average molecular weight is 622 g/mol. The van der Waals surface area contributed by atoms with E-state index in [0.717, 1.165) is 28.1 Å². The largest absolute Gasteiger partial charge is 0.477 e. The Bertz CT molecular complexity index is 1280. The molecule has 5 rings (SSSR count). The molecule has 0 saturated carbocycles. The van der Waals surface area contributed by atoms with E-state index in [-0.39, 0.29) is 25.8 Å². The van der Waals surface area contributed by atoms with E-state index in [0.29, 0.717) is 5.69 Å². The molecule has 1 radical (unpaired) electrons. The second-order valence-corrected chi connectivity index (χ2v) is 6.90. The molecule has 0 aliphatic heterocycles. The Morgan fingerprint density at radius 3 is 1.74 bits per heavy atom. The van der Waals surface area contributed by atoms with Crippen molar-refractivity contribution in [2.45, 2.75) is 0 Å². The summed E-state index contributed by atoms with van der Waals surface area (Å²) in [6, 6.07) is 36.3. The van der Waals surface area contributed by atoms with Crippen molar-refractivity contribution in [3.05, 3.63) is 127 Å². The molecule has 0 fully saturated rings. The van der Waals surface area contributed by atoms with E-state index < -0.39 is 5.97 Å². The number of carboxylic acids is 1. The molecule has 5 nitrogen and oxygen atoms in total. The van der Waals surface area contributed by atoms with Gasteiger partial charge in [0.2, 0.25) is 0 Å². The summed E-state index contributed by atoms with van der Waals surface area (Å²) in [5.74, 6) is -1.02. The van der Waals surface area contributed by atoms with E-state index in [4.69, 9.17) is 5.11 Å². The Kier molecular flexibility index (Phi) is 8.92. The third kappa shape index (κ3) is 6.51. The van der Waals surface area contributed by atoms with Gasteiger partial charge in [-0.25, -0.2) is 4.79 Å². The van der Waals surface area contributed by atoms with Crippen molar-refractivity contribution < 1.29 is 30.0 Å². The number of rotatable bonds is 4. The van der Waals surface area contributed by atoms with E-state index >= 15 is 0 Å². The van der Waals surface area contributed by atoms with Crippen molar-refractivity contribution >= 4 is 5.97 Å². The van der Waals surface area contributed by atoms with Crippen molar-refractivity contribution in [2.75, 3.05) is 0 Å². The zero-order chi connectivity index (χ0) is 22.9. The van der Waals surface area contributed by atoms with Crippen LogP contribution in [0.25, 0.3) is 33.8 Å². The van der Waals surface area contributed by atoms with E-state index in [9.17, 15) is 4.79 Å². The number of nitrogens with zero attached hydrogens (tertiary/aromatic N) is 3. The molecular formula is C28H19IrN3O2-2. The van der Waals surface area contributed by atoms with E-state index in [2.05, 4.69) is 27.1 Å². The van der Waals surface area contributed by atoms with Crippen LogP contribution in [0.15, 0.2) is 109 Å². The molecule has 3 aromatic heterocycles. The fraction of sp³-hybridized carbons (Fsp3) is 0. The van der Waals surface area contributed by atoms with Crippen LogP contribution in [0.5, 0.6) is 0 Å². The van der Waals surface area contributed by atoms with E-state index in [1.54, 1.807) is 30.6 Å². The van der Waals surface area contributed by atoms with Gasteiger partial charge in [-0.3, -0.25) is 15.0 Å². The summed E-state index contributed by atoms with van der Waals surface area (Å²) in [5, 5.41) is 8.78. The number of hydrogen-bond donors (Lipinski definition) is 1. The molecule has 0 spiro atoms. The van der Waals surface area contributed by atoms with Crippen molar-refractivity contribution in [1.82, 2.24) is 15.0 Å². The third-order valence-corrected chi connectivity index (χ3v) is 4.63. The van der Waals surface area contributed by atoms with Crippen LogP contribution >= 0.6 is 0 Å². The molecule has 5 aromatic rings. The summed E-state index contributed by atoms with van der Waals surface area (Å²) in [5.41, 5.74) is 5.28. The monoisotopic (exact) mass is 622 g/mol. The topological polar surface area (TPSA) is 76.0 Å². The normalized spacial score (nSPS) is 9.76. The number of aromatic carboxylic acids is 1. The smallest absolute Gasteiger partial charge is 0.353 e. The van der Waals surface area contributed by atoms with Gasteiger partial charge >= 0.3 is 5.97 Å². The molecule has 0 atom stereocenters. The number of carbonyl (C=O) groups is 1. The maximum atomic E-state index is 10.7. The summed E-state index contributed by atoms with van der Waals surface area (Å²) >= 11 is 0. The quantitative estimate of drug-likeness (QED) is 0.255. The summed E-state index contributed by atoms with van der Waals surface area (Å²) in [4.78, 5) is 23.4. The predicted octanol–water partition coefficient (Wildman–Crippen LogP) is 5.86. The summed E-state index contributed by atoms with van der Waals surface area (Å²) in [6.45, 7) is 0. The number of benzene rings is 2. The standard InChI is InChI=1S/C16H11N2.C12H8NO2.Ir/c1-3-10-17-15(8-1)13-6-5-7-14(12-13)16-9-2-4-11-18-16;14-12(15)11-8-4-7-10(13-11)9-5-2-1-3-6-9;/h1-11H;1-5,7-8H,(H,14,15);/q2*-1;. The van der Waals surface area contributed by atoms with Gasteiger partial charge in [-0.1, -0.05) is 47.5 Å². The molecule has 1 N–H and O–H groups in total. The van der Waals surface area contributed by atoms with Crippen molar-refractivity contribution in [3.63, 3.8) is 0 Å². The van der Waals surface area contributed by atoms with Crippen molar-refractivity contribution in [2.24, 2.45) is 0 Å². The van der Waals surface area contributed by atoms with Gasteiger partial charge < -0.3 is 5.11 Å². The van der Waals surface area contributed by atoms with Gasteiger partial charge in [0.15, 0.2) is 0 Å². The summed E-state index contributed by atoms with van der Waals surface area (Å²) < 4.78 is 0.